The van der Waals surface area contributed by atoms with Gasteiger partial charge in [0.25, 0.3) is 0 Å². The van der Waals surface area contributed by atoms with Crippen LogP contribution in [0.25, 0.3) is 10.4 Å². The van der Waals surface area contributed by atoms with Crippen molar-refractivity contribution in [3.8, 4) is 5.88 Å². The highest BCUT2D eigenvalue weighted by atomic mass is 16.5. The molecule has 0 unspecified atom stereocenters. The Bertz CT molecular complexity index is 537. The fraction of sp³-hybridized carbons (Fsp3) is 0.0909. The molecule has 0 saturated carbocycles. The molecule has 0 aliphatic rings. The number of aromatic nitrogens is 2. The highest BCUT2D eigenvalue weighted by molar-refractivity contribution is 5.21. The van der Waals surface area contributed by atoms with Gasteiger partial charge in [-0.15, -0.1) is 0 Å². The Kier molecular flexibility index (Phi) is 3.52. The Morgan fingerprint density at radius 1 is 1.24 bits per heavy atom. The van der Waals surface area contributed by atoms with Gasteiger partial charge < -0.3 is 4.74 Å². The Balaban J connectivity index is 2.04. The highest BCUT2D eigenvalue weighted by Gasteiger charge is 1.98. The van der Waals surface area contributed by atoms with Crippen LogP contribution in [0.2, 0.25) is 0 Å². The van der Waals surface area contributed by atoms with Crippen molar-refractivity contribution >= 4 is 5.95 Å². The number of rotatable bonds is 4. The molecular weight excluding hydrogens is 218 g/mol. The number of hydrogen-bond acceptors (Lipinski definition) is 4. The normalized spacial score (nSPS) is 9.41. The zero-order valence-electron chi connectivity index (χ0n) is 8.89. The van der Waals surface area contributed by atoms with Crippen LogP contribution >= 0.6 is 0 Å². The molecule has 84 valence electrons. The van der Waals surface area contributed by atoms with Crippen LogP contribution in [0.4, 0.5) is 5.95 Å². The maximum Gasteiger partial charge on any atom is 0.219 e. The molecular formula is C11H9N5O. The van der Waals surface area contributed by atoms with Gasteiger partial charge in [-0.2, -0.15) is 4.98 Å². The van der Waals surface area contributed by atoms with Gasteiger partial charge in [-0.3, -0.25) is 0 Å². The minimum atomic E-state index is 0.0538. The van der Waals surface area contributed by atoms with Crippen molar-refractivity contribution in [2.24, 2.45) is 5.11 Å². The molecule has 0 fully saturated rings. The van der Waals surface area contributed by atoms with Crippen LogP contribution in [0, 0.1) is 0 Å². The molecule has 0 saturated heterocycles. The van der Waals surface area contributed by atoms with Gasteiger partial charge in [0, 0.05) is 17.2 Å². The van der Waals surface area contributed by atoms with Gasteiger partial charge in [0.15, 0.2) is 0 Å². The molecule has 2 aromatic rings. The third-order valence-electron chi connectivity index (χ3n) is 1.98. The van der Waals surface area contributed by atoms with Crippen molar-refractivity contribution in [2.45, 2.75) is 6.61 Å². The molecule has 1 aromatic carbocycles. The molecule has 17 heavy (non-hydrogen) atoms. The summed E-state index contributed by atoms with van der Waals surface area (Å²) >= 11 is 0. The van der Waals surface area contributed by atoms with Crippen molar-refractivity contribution < 1.29 is 4.74 Å². The van der Waals surface area contributed by atoms with Crippen LogP contribution in [0.3, 0.4) is 0 Å². The smallest absolute Gasteiger partial charge is 0.219 e. The fourth-order valence-corrected chi connectivity index (χ4v) is 1.23. The van der Waals surface area contributed by atoms with Crippen molar-refractivity contribution in [1.29, 1.82) is 0 Å². The Morgan fingerprint density at radius 3 is 2.82 bits per heavy atom. The summed E-state index contributed by atoms with van der Waals surface area (Å²) in [7, 11) is 0. The van der Waals surface area contributed by atoms with E-state index in [-0.39, 0.29) is 5.95 Å². The summed E-state index contributed by atoms with van der Waals surface area (Å²) in [5.41, 5.74) is 9.29. The van der Waals surface area contributed by atoms with Crippen LogP contribution in [0.15, 0.2) is 47.7 Å². The third-order valence-corrected chi connectivity index (χ3v) is 1.98. The summed E-state index contributed by atoms with van der Waals surface area (Å²) in [6.07, 6.45) is 1.48. The van der Waals surface area contributed by atoms with Gasteiger partial charge >= 0.3 is 0 Å². The summed E-state index contributed by atoms with van der Waals surface area (Å²) in [4.78, 5) is 10.3. The van der Waals surface area contributed by atoms with E-state index in [1.54, 1.807) is 6.07 Å². The van der Waals surface area contributed by atoms with Crippen molar-refractivity contribution in [2.75, 3.05) is 0 Å². The topological polar surface area (TPSA) is 83.8 Å². The zero-order chi connectivity index (χ0) is 11.9. The largest absolute Gasteiger partial charge is 0.473 e. The van der Waals surface area contributed by atoms with Crippen LogP contribution in [0.1, 0.15) is 5.56 Å². The van der Waals surface area contributed by atoms with E-state index < -0.39 is 0 Å². The number of azide groups is 1. The summed E-state index contributed by atoms with van der Waals surface area (Å²) in [6, 6.07) is 11.3. The first-order valence-electron chi connectivity index (χ1n) is 4.93. The van der Waals surface area contributed by atoms with Crippen molar-refractivity contribution in [3.63, 3.8) is 0 Å². The van der Waals surface area contributed by atoms with Crippen LogP contribution in [0.5, 0.6) is 5.88 Å². The second kappa shape index (κ2) is 5.48. The van der Waals surface area contributed by atoms with E-state index in [4.69, 9.17) is 10.3 Å². The van der Waals surface area contributed by atoms with E-state index in [0.717, 1.165) is 5.56 Å². The molecule has 0 aliphatic carbocycles. The lowest BCUT2D eigenvalue weighted by Gasteiger charge is -2.04. The Labute approximate surface area is 97.5 Å². The molecule has 0 spiro atoms. The Morgan fingerprint density at radius 2 is 2.06 bits per heavy atom. The second-order valence-corrected chi connectivity index (χ2v) is 3.16. The van der Waals surface area contributed by atoms with Crippen molar-refractivity contribution in [1.82, 2.24) is 9.97 Å². The first-order valence-corrected chi connectivity index (χ1v) is 4.93. The molecule has 1 aromatic heterocycles. The van der Waals surface area contributed by atoms with E-state index in [0.29, 0.717) is 12.5 Å². The van der Waals surface area contributed by atoms with E-state index in [1.807, 2.05) is 30.3 Å². The van der Waals surface area contributed by atoms with Crippen LogP contribution in [-0.4, -0.2) is 9.97 Å². The lowest BCUT2D eigenvalue weighted by Crippen LogP contribution is -1.97. The molecule has 6 heteroatoms. The molecule has 2 rings (SSSR count). The van der Waals surface area contributed by atoms with Gasteiger partial charge in [-0.1, -0.05) is 30.3 Å². The van der Waals surface area contributed by atoms with Gasteiger partial charge in [-0.25, -0.2) is 4.98 Å². The maximum atomic E-state index is 8.26. The first-order chi connectivity index (χ1) is 8.38. The number of hydrogen-bond donors (Lipinski definition) is 0. The second-order valence-electron chi connectivity index (χ2n) is 3.16. The van der Waals surface area contributed by atoms with Gasteiger partial charge in [0.1, 0.15) is 6.61 Å². The minimum Gasteiger partial charge on any atom is -0.473 e. The standard InChI is InChI=1S/C11H9N5O/c12-16-15-11-13-7-6-10(14-11)17-8-9-4-2-1-3-5-9/h1-7H,8H2. The van der Waals surface area contributed by atoms with E-state index in [2.05, 4.69) is 20.0 Å². The lowest BCUT2D eigenvalue weighted by molar-refractivity contribution is 0.293. The molecule has 0 N–H and O–H groups in total. The van der Waals surface area contributed by atoms with Crippen LogP contribution in [-0.2, 0) is 6.61 Å². The summed E-state index contributed by atoms with van der Waals surface area (Å²) in [6.45, 7) is 0.410. The Hall–Kier alpha value is -2.59. The van der Waals surface area contributed by atoms with E-state index in [1.165, 1.54) is 6.20 Å². The SMILES string of the molecule is [N-]=[N+]=Nc1nccc(OCc2ccccc2)n1. The number of benzene rings is 1. The zero-order valence-corrected chi connectivity index (χ0v) is 8.89. The molecule has 0 aliphatic heterocycles. The quantitative estimate of drug-likeness (QED) is 0.457. The predicted octanol–water partition coefficient (Wildman–Crippen LogP) is 3.00. The van der Waals surface area contributed by atoms with Gasteiger partial charge in [0.2, 0.25) is 11.8 Å². The average Bonchev–Trinajstić information content (AvgIpc) is 2.39. The molecule has 0 bridgehead atoms. The number of nitrogens with zero attached hydrogens (tertiary/aromatic N) is 5. The van der Waals surface area contributed by atoms with Crippen LogP contribution < -0.4 is 4.74 Å². The lowest BCUT2D eigenvalue weighted by atomic mass is 10.2. The fourth-order valence-electron chi connectivity index (χ4n) is 1.23. The molecule has 6 nitrogen and oxygen atoms in total. The molecule has 1 heterocycles. The van der Waals surface area contributed by atoms with E-state index in [9.17, 15) is 0 Å². The first kappa shape index (κ1) is 10.9. The minimum absolute atomic E-state index is 0.0538. The van der Waals surface area contributed by atoms with Crippen molar-refractivity contribution in [3.05, 3.63) is 58.6 Å². The summed E-state index contributed by atoms with van der Waals surface area (Å²) in [5.74, 6) is 0.435. The van der Waals surface area contributed by atoms with E-state index >= 15 is 0 Å². The molecule has 0 atom stereocenters. The maximum absolute atomic E-state index is 8.26. The summed E-state index contributed by atoms with van der Waals surface area (Å²) in [5, 5.41) is 3.30. The monoisotopic (exact) mass is 227 g/mol. The van der Waals surface area contributed by atoms with Gasteiger partial charge in [0.05, 0.1) is 0 Å². The van der Waals surface area contributed by atoms with Gasteiger partial charge in [-0.05, 0) is 16.2 Å². The summed E-state index contributed by atoms with van der Waals surface area (Å²) < 4.78 is 5.44. The number of ether oxygens (including phenoxy) is 1. The predicted molar refractivity (Wildman–Crippen MR) is 61.6 cm³/mol. The average molecular weight is 227 g/mol. The molecule has 0 amide bonds. The highest BCUT2D eigenvalue weighted by Crippen LogP contribution is 2.12. The third kappa shape index (κ3) is 3.19. The molecule has 0 radical (unpaired) electrons.